The molecule has 1 saturated heterocycles. The number of likely N-dealkylation sites (tertiary alicyclic amines) is 1. The number of nitrogens with one attached hydrogen (secondary N) is 2. The number of fused-ring (bicyclic) bond motifs is 1. The van der Waals surface area contributed by atoms with Crippen molar-refractivity contribution in [2.24, 2.45) is 4.99 Å². The molecule has 31 heavy (non-hydrogen) atoms. The number of guanidine groups is 1. The number of piperidine rings is 1. The number of rotatable bonds is 6. The van der Waals surface area contributed by atoms with E-state index in [2.05, 4.69) is 41.5 Å². The molecular formula is C24H39IN4O2. The smallest absolute Gasteiger partial charge is 0.191 e. The number of hydrogen-bond donors (Lipinski definition) is 2. The third-order valence-electron chi connectivity index (χ3n) is 6.76. The number of hydrogen-bond acceptors (Lipinski definition) is 4. The average molecular weight is 543 g/mol. The van der Waals surface area contributed by atoms with E-state index < -0.39 is 0 Å². The summed E-state index contributed by atoms with van der Waals surface area (Å²) in [5.41, 5.74) is 2.30. The van der Waals surface area contributed by atoms with E-state index in [9.17, 15) is 0 Å². The molecule has 0 radical (unpaired) electrons. The van der Waals surface area contributed by atoms with Crippen LogP contribution in [0.3, 0.4) is 0 Å². The number of methoxy groups -OCH3 is 1. The molecule has 1 aromatic carbocycles. The minimum atomic E-state index is 0. The van der Waals surface area contributed by atoms with Crippen LogP contribution in [0.1, 0.15) is 63.5 Å². The Balaban J connectivity index is 0.00000272. The summed E-state index contributed by atoms with van der Waals surface area (Å²) in [5.74, 6) is 2.77. The van der Waals surface area contributed by atoms with Crippen LogP contribution in [0.5, 0.6) is 11.5 Å². The van der Waals surface area contributed by atoms with E-state index in [0.717, 1.165) is 42.0 Å². The third kappa shape index (κ3) is 6.18. The van der Waals surface area contributed by atoms with Crippen LogP contribution >= 0.6 is 24.0 Å². The van der Waals surface area contributed by atoms with Gasteiger partial charge in [0.15, 0.2) is 5.96 Å². The van der Waals surface area contributed by atoms with E-state index in [0.29, 0.717) is 12.6 Å². The van der Waals surface area contributed by atoms with Gasteiger partial charge in [-0.1, -0.05) is 12.8 Å². The van der Waals surface area contributed by atoms with Crippen molar-refractivity contribution >= 4 is 29.9 Å². The van der Waals surface area contributed by atoms with Crippen molar-refractivity contribution < 1.29 is 9.47 Å². The highest BCUT2D eigenvalue weighted by Crippen LogP contribution is 2.35. The predicted molar refractivity (Wildman–Crippen MR) is 137 cm³/mol. The minimum Gasteiger partial charge on any atom is -0.496 e. The molecule has 0 amide bonds. The number of halogens is 1. The van der Waals surface area contributed by atoms with Crippen LogP contribution in [0.15, 0.2) is 17.1 Å². The third-order valence-corrected chi connectivity index (χ3v) is 6.76. The first-order chi connectivity index (χ1) is 14.7. The molecule has 6 nitrogen and oxygen atoms in total. The molecule has 1 atom stereocenters. The zero-order chi connectivity index (χ0) is 20.9. The van der Waals surface area contributed by atoms with Crippen LogP contribution in [0.4, 0.5) is 0 Å². The monoisotopic (exact) mass is 542 g/mol. The van der Waals surface area contributed by atoms with Gasteiger partial charge < -0.3 is 25.0 Å². The summed E-state index contributed by atoms with van der Waals surface area (Å²) in [6, 6.07) is 5.55. The van der Waals surface area contributed by atoms with Gasteiger partial charge in [-0.25, -0.2) is 4.99 Å². The Kier molecular flexibility index (Phi) is 9.13. The Morgan fingerprint density at radius 3 is 2.61 bits per heavy atom. The van der Waals surface area contributed by atoms with Gasteiger partial charge in [-0.15, -0.1) is 24.0 Å². The van der Waals surface area contributed by atoms with Gasteiger partial charge in [-0.2, -0.15) is 0 Å². The Hall–Kier alpha value is -1.22. The molecule has 0 spiro atoms. The summed E-state index contributed by atoms with van der Waals surface area (Å²) in [7, 11) is 1.73. The zero-order valence-electron chi connectivity index (χ0n) is 19.3. The summed E-state index contributed by atoms with van der Waals surface area (Å²) >= 11 is 0. The maximum atomic E-state index is 5.94. The first kappa shape index (κ1) is 24.4. The molecule has 0 aromatic heterocycles. The van der Waals surface area contributed by atoms with E-state index >= 15 is 0 Å². The maximum absolute atomic E-state index is 5.94. The molecule has 0 bridgehead atoms. The van der Waals surface area contributed by atoms with Gasteiger partial charge in [0.25, 0.3) is 0 Å². The highest BCUT2D eigenvalue weighted by atomic mass is 127. The van der Waals surface area contributed by atoms with E-state index in [4.69, 9.17) is 14.5 Å². The molecule has 2 aliphatic heterocycles. The van der Waals surface area contributed by atoms with E-state index in [1.807, 2.05) is 0 Å². The van der Waals surface area contributed by atoms with Crippen molar-refractivity contribution in [3.63, 3.8) is 0 Å². The van der Waals surface area contributed by atoms with Crippen molar-refractivity contribution in [1.82, 2.24) is 15.5 Å². The Labute approximate surface area is 204 Å². The molecule has 1 unspecified atom stereocenters. The van der Waals surface area contributed by atoms with Gasteiger partial charge >= 0.3 is 0 Å². The highest BCUT2D eigenvalue weighted by Gasteiger charge is 2.27. The molecule has 2 heterocycles. The van der Waals surface area contributed by atoms with Crippen LogP contribution < -0.4 is 20.1 Å². The molecule has 2 fully saturated rings. The minimum absolute atomic E-state index is 0. The highest BCUT2D eigenvalue weighted by molar-refractivity contribution is 14.0. The molecule has 7 heteroatoms. The van der Waals surface area contributed by atoms with Gasteiger partial charge in [0.1, 0.15) is 17.6 Å². The molecule has 4 rings (SSSR count). The van der Waals surface area contributed by atoms with E-state index in [1.165, 1.54) is 57.2 Å². The molecule has 1 saturated carbocycles. The Morgan fingerprint density at radius 2 is 1.94 bits per heavy atom. The number of aliphatic imine (C=N–C) groups is 1. The number of benzene rings is 1. The predicted octanol–water partition coefficient (Wildman–Crippen LogP) is 4.10. The lowest BCUT2D eigenvalue weighted by Gasteiger charge is -2.36. The summed E-state index contributed by atoms with van der Waals surface area (Å²) < 4.78 is 11.6. The van der Waals surface area contributed by atoms with E-state index in [1.54, 1.807) is 7.11 Å². The fourth-order valence-electron chi connectivity index (χ4n) is 5.15. The Bertz CT molecular complexity index is 743. The molecule has 1 aliphatic carbocycles. The van der Waals surface area contributed by atoms with Crippen molar-refractivity contribution in [3.05, 3.63) is 23.3 Å². The van der Waals surface area contributed by atoms with Gasteiger partial charge in [0, 0.05) is 49.3 Å². The van der Waals surface area contributed by atoms with Gasteiger partial charge in [-0.3, -0.25) is 0 Å². The summed E-state index contributed by atoms with van der Waals surface area (Å²) in [6.45, 7) is 8.06. The van der Waals surface area contributed by atoms with Crippen molar-refractivity contribution in [3.8, 4) is 11.5 Å². The normalized spacial score (nSPS) is 22.5. The van der Waals surface area contributed by atoms with Crippen LogP contribution in [-0.4, -0.2) is 55.8 Å². The fourth-order valence-corrected chi connectivity index (χ4v) is 5.15. The molecule has 1 aromatic rings. The molecular weight excluding hydrogens is 503 g/mol. The van der Waals surface area contributed by atoms with Crippen molar-refractivity contribution in [2.75, 3.05) is 26.7 Å². The fraction of sp³-hybridized carbons (Fsp3) is 0.708. The largest absolute Gasteiger partial charge is 0.496 e. The topological polar surface area (TPSA) is 58.1 Å². The summed E-state index contributed by atoms with van der Waals surface area (Å²) in [5, 5.41) is 7.09. The lowest BCUT2D eigenvalue weighted by atomic mass is 10.0. The lowest BCUT2D eigenvalue weighted by molar-refractivity contribution is 0.150. The van der Waals surface area contributed by atoms with Crippen LogP contribution in [0.2, 0.25) is 0 Å². The summed E-state index contributed by atoms with van der Waals surface area (Å²) in [6.07, 6.45) is 9.17. The first-order valence-corrected chi connectivity index (χ1v) is 11.8. The van der Waals surface area contributed by atoms with Gasteiger partial charge in [-0.05, 0) is 51.7 Å². The van der Waals surface area contributed by atoms with Crippen LogP contribution in [0, 0.1) is 0 Å². The van der Waals surface area contributed by atoms with Gasteiger partial charge in [0.2, 0.25) is 0 Å². The molecule has 3 aliphatic rings. The van der Waals surface area contributed by atoms with Crippen molar-refractivity contribution in [1.29, 1.82) is 0 Å². The molecule has 2 N–H and O–H groups in total. The maximum Gasteiger partial charge on any atom is 0.191 e. The van der Waals surface area contributed by atoms with Crippen molar-refractivity contribution in [2.45, 2.75) is 83.5 Å². The Morgan fingerprint density at radius 1 is 1.19 bits per heavy atom. The van der Waals surface area contributed by atoms with E-state index in [-0.39, 0.29) is 30.1 Å². The van der Waals surface area contributed by atoms with Crippen LogP contribution in [0.25, 0.3) is 0 Å². The molecule has 174 valence electrons. The second kappa shape index (κ2) is 11.6. The number of nitrogens with zero attached hydrogens (tertiary/aromatic N) is 2. The quantitative estimate of drug-likeness (QED) is 0.322. The second-order valence-electron chi connectivity index (χ2n) is 8.99. The second-order valence-corrected chi connectivity index (χ2v) is 8.99. The lowest BCUT2D eigenvalue weighted by Crippen LogP contribution is -2.50. The van der Waals surface area contributed by atoms with Crippen LogP contribution in [-0.2, 0) is 13.0 Å². The average Bonchev–Trinajstić information content (AvgIpc) is 3.40. The first-order valence-electron chi connectivity index (χ1n) is 11.8. The summed E-state index contributed by atoms with van der Waals surface area (Å²) in [4.78, 5) is 7.59. The standard InChI is InChI=1S/C24H38N4O2.HI/c1-4-25-24(27-20-9-11-28(12-10-20)21-7-5-6-8-21)26-16-19-15-23-18(13-17(2)30-23)14-22(19)29-3;/h14-15,17,20-21H,4-13,16H2,1-3H3,(H2,25,26,27);1H. The number of ether oxygens (including phenoxy) is 2. The van der Waals surface area contributed by atoms with Gasteiger partial charge in [0.05, 0.1) is 13.7 Å². The SMILES string of the molecule is CCNC(=NCc1cc2c(cc1OC)CC(C)O2)NC1CCN(C2CCCC2)CC1.I. The zero-order valence-corrected chi connectivity index (χ0v) is 21.6.